The van der Waals surface area contributed by atoms with Crippen molar-refractivity contribution in [1.29, 1.82) is 0 Å². The molecule has 4 rings (SSSR count). The molecule has 22 heavy (non-hydrogen) atoms. The second-order valence-electron chi connectivity index (χ2n) is 7.87. The number of benzene rings is 1. The molecule has 0 radical (unpaired) electrons. The van der Waals surface area contributed by atoms with Crippen LogP contribution in [-0.4, -0.2) is 43.0 Å². The normalized spacial score (nSPS) is 29.9. The predicted molar refractivity (Wildman–Crippen MR) is 90.7 cm³/mol. The van der Waals surface area contributed by atoms with Crippen LogP contribution < -0.4 is 5.32 Å². The SMILES string of the molecule is CN1Cc2ccc(CN3CCCC4(CCCNC4)C3)cc2C1. The molecule has 2 fully saturated rings. The summed E-state index contributed by atoms with van der Waals surface area (Å²) in [6, 6.07) is 7.17. The Bertz CT molecular complexity index is 528. The first-order chi connectivity index (χ1) is 10.7. The predicted octanol–water partition coefficient (Wildman–Crippen LogP) is 2.60. The second kappa shape index (κ2) is 5.95. The van der Waals surface area contributed by atoms with Crippen molar-refractivity contribution in [3.63, 3.8) is 0 Å². The fourth-order valence-electron chi connectivity index (χ4n) is 4.80. The summed E-state index contributed by atoms with van der Waals surface area (Å²) >= 11 is 0. The minimum absolute atomic E-state index is 0.563. The van der Waals surface area contributed by atoms with Gasteiger partial charge in [0.1, 0.15) is 0 Å². The zero-order chi connectivity index (χ0) is 15.0. The molecule has 1 aromatic carbocycles. The molecule has 0 saturated carbocycles. The van der Waals surface area contributed by atoms with Crippen LogP contribution in [0.15, 0.2) is 18.2 Å². The van der Waals surface area contributed by atoms with E-state index in [2.05, 4.69) is 40.4 Å². The van der Waals surface area contributed by atoms with E-state index < -0.39 is 0 Å². The van der Waals surface area contributed by atoms with Gasteiger partial charge in [-0.25, -0.2) is 0 Å². The van der Waals surface area contributed by atoms with Crippen molar-refractivity contribution in [3.05, 3.63) is 34.9 Å². The molecule has 1 spiro atoms. The first kappa shape index (κ1) is 14.7. The van der Waals surface area contributed by atoms with Crippen molar-refractivity contribution >= 4 is 0 Å². The smallest absolute Gasteiger partial charge is 0.0237 e. The number of rotatable bonds is 2. The molecular formula is C19H29N3. The van der Waals surface area contributed by atoms with Crippen LogP contribution in [0.25, 0.3) is 0 Å². The largest absolute Gasteiger partial charge is 0.316 e. The zero-order valence-electron chi connectivity index (χ0n) is 13.9. The van der Waals surface area contributed by atoms with Gasteiger partial charge in [-0.15, -0.1) is 0 Å². The highest BCUT2D eigenvalue weighted by Crippen LogP contribution is 2.36. The highest BCUT2D eigenvalue weighted by Gasteiger charge is 2.36. The van der Waals surface area contributed by atoms with E-state index in [4.69, 9.17) is 0 Å². The Morgan fingerprint density at radius 2 is 2.00 bits per heavy atom. The molecule has 120 valence electrons. The van der Waals surface area contributed by atoms with Crippen molar-refractivity contribution in [2.45, 2.75) is 45.3 Å². The van der Waals surface area contributed by atoms with Crippen molar-refractivity contribution in [1.82, 2.24) is 15.1 Å². The number of nitrogens with zero attached hydrogens (tertiary/aromatic N) is 2. The summed E-state index contributed by atoms with van der Waals surface area (Å²) in [5, 5.41) is 3.64. The Kier molecular flexibility index (Phi) is 3.97. The first-order valence-electron chi connectivity index (χ1n) is 8.95. The number of piperidine rings is 2. The fourth-order valence-corrected chi connectivity index (χ4v) is 4.80. The van der Waals surface area contributed by atoms with Crippen LogP contribution >= 0.6 is 0 Å². The minimum atomic E-state index is 0.563. The maximum atomic E-state index is 3.64. The van der Waals surface area contributed by atoms with Crippen LogP contribution in [0.2, 0.25) is 0 Å². The van der Waals surface area contributed by atoms with Crippen LogP contribution in [0, 0.1) is 5.41 Å². The van der Waals surface area contributed by atoms with E-state index in [9.17, 15) is 0 Å². The molecule has 3 aliphatic rings. The van der Waals surface area contributed by atoms with E-state index in [1.807, 2.05) is 0 Å². The molecule has 2 saturated heterocycles. The van der Waals surface area contributed by atoms with Gasteiger partial charge >= 0.3 is 0 Å². The third-order valence-corrected chi connectivity index (χ3v) is 5.86. The molecule has 3 heterocycles. The summed E-state index contributed by atoms with van der Waals surface area (Å²) in [6.45, 7) is 8.40. The molecule has 1 atom stereocenters. The molecule has 3 heteroatoms. The lowest BCUT2D eigenvalue weighted by atomic mass is 9.74. The van der Waals surface area contributed by atoms with Gasteiger partial charge in [0.2, 0.25) is 0 Å². The van der Waals surface area contributed by atoms with Gasteiger partial charge < -0.3 is 5.32 Å². The average molecular weight is 299 g/mol. The lowest BCUT2D eigenvalue weighted by Gasteiger charge is -2.45. The van der Waals surface area contributed by atoms with E-state index >= 15 is 0 Å². The Morgan fingerprint density at radius 1 is 1.14 bits per heavy atom. The summed E-state index contributed by atoms with van der Waals surface area (Å²) in [5.74, 6) is 0. The number of hydrogen-bond donors (Lipinski definition) is 1. The van der Waals surface area contributed by atoms with E-state index in [1.54, 1.807) is 5.56 Å². The molecule has 3 aliphatic heterocycles. The van der Waals surface area contributed by atoms with Crippen molar-refractivity contribution in [2.24, 2.45) is 5.41 Å². The second-order valence-corrected chi connectivity index (χ2v) is 7.87. The maximum absolute atomic E-state index is 3.64. The van der Waals surface area contributed by atoms with Gasteiger partial charge in [0.05, 0.1) is 0 Å². The van der Waals surface area contributed by atoms with Crippen molar-refractivity contribution in [2.75, 3.05) is 33.2 Å². The van der Waals surface area contributed by atoms with Gasteiger partial charge in [-0.3, -0.25) is 9.80 Å². The third-order valence-electron chi connectivity index (χ3n) is 5.86. The minimum Gasteiger partial charge on any atom is -0.316 e. The van der Waals surface area contributed by atoms with Crippen LogP contribution in [0.3, 0.4) is 0 Å². The topological polar surface area (TPSA) is 18.5 Å². The lowest BCUT2D eigenvalue weighted by molar-refractivity contribution is 0.0600. The van der Waals surface area contributed by atoms with E-state index in [1.165, 1.54) is 63.0 Å². The molecule has 0 aliphatic carbocycles. The Labute approximate surface area is 134 Å². The third kappa shape index (κ3) is 2.94. The summed E-state index contributed by atoms with van der Waals surface area (Å²) < 4.78 is 0. The van der Waals surface area contributed by atoms with Crippen molar-refractivity contribution in [3.8, 4) is 0 Å². The zero-order valence-corrected chi connectivity index (χ0v) is 13.9. The highest BCUT2D eigenvalue weighted by atomic mass is 15.1. The van der Waals surface area contributed by atoms with Gasteiger partial charge in [0.15, 0.2) is 0 Å². The number of hydrogen-bond acceptors (Lipinski definition) is 3. The Morgan fingerprint density at radius 3 is 2.86 bits per heavy atom. The summed E-state index contributed by atoms with van der Waals surface area (Å²) in [6.07, 6.45) is 5.57. The van der Waals surface area contributed by atoms with Gasteiger partial charge in [-0.1, -0.05) is 18.2 Å². The maximum Gasteiger partial charge on any atom is 0.0237 e. The van der Waals surface area contributed by atoms with Gasteiger partial charge in [-0.2, -0.15) is 0 Å². The van der Waals surface area contributed by atoms with Crippen molar-refractivity contribution < 1.29 is 0 Å². The van der Waals surface area contributed by atoms with Gasteiger partial charge in [-0.05, 0) is 67.9 Å². The van der Waals surface area contributed by atoms with Gasteiger partial charge in [0, 0.05) is 32.7 Å². The molecule has 3 nitrogen and oxygen atoms in total. The molecule has 1 unspecified atom stereocenters. The molecule has 0 bridgehead atoms. The summed E-state index contributed by atoms with van der Waals surface area (Å²) in [5.41, 5.74) is 5.15. The standard InChI is InChI=1S/C19H29N3/c1-21-12-17-5-4-16(10-18(17)13-21)11-22-9-3-7-19(15-22)6-2-8-20-14-19/h4-5,10,20H,2-3,6-9,11-15H2,1H3. The molecule has 1 aromatic rings. The van der Waals surface area contributed by atoms with Gasteiger partial charge in [0.25, 0.3) is 0 Å². The Balaban J connectivity index is 1.44. The summed E-state index contributed by atoms with van der Waals surface area (Å²) in [4.78, 5) is 5.11. The van der Waals surface area contributed by atoms with E-state index in [0.717, 1.165) is 19.6 Å². The number of likely N-dealkylation sites (tertiary alicyclic amines) is 1. The molecular weight excluding hydrogens is 270 g/mol. The molecule has 0 aromatic heterocycles. The highest BCUT2D eigenvalue weighted by molar-refractivity contribution is 5.34. The average Bonchev–Trinajstić information content (AvgIpc) is 2.87. The molecule has 1 N–H and O–H groups in total. The van der Waals surface area contributed by atoms with E-state index in [0.29, 0.717) is 5.41 Å². The monoisotopic (exact) mass is 299 g/mol. The Hall–Kier alpha value is -0.900. The first-order valence-corrected chi connectivity index (χ1v) is 8.95. The van der Waals surface area contributed by atoms with Crippen LogP contribution in [-0.2, 0) is 19.6 Å². The quantitative estimate of drug-likeness (QED) is 0.905. The van der Waals surface area contributed by atoms with Crippen LogP contribution in [0.4, 0.5) is 0 Å². The van der Waals surface area contributed by atoms with E-state index in [-0.39, 0.29) is 0 Å². The fraction of sp³-hybridized carbons (Fsp3) is 0.684. The van der Waals surface area contributed by atoms with Crippen LogP contribution in [0.1, 0.15) is 42.4 Å². The number of nitrogens with one attached hydrogen (secondary N) is 1. The lowest BCUT2D eigenvalue weighted by Crippen LogP contribution is -2.50. The molecule has 0 amide bonds. The van der Waals surface area contributed by atoms with Crippen LogP contribution in [0.5, 0.6) is 0 Å². The number of fused-ring (bicyclic) bond motifs is 1. The summed E-state index contributed by atoms with van der Waals surface area (Å²) in [7, 11) is 2.21.